The van der Waals surface area contributed by atoms with Gasteiger partial charge in [-0.3, -0.25) is 0 Å². The molecule has 1 rings (SSSR count). The highest BCUT2D eigenvalue weighted by Crippen LogP contribution is 2.36. The Bertz CT molecular complexity index is 402. The van der Waals surface area contributed by atoms with Crippen molar-refractivity contribution in [2.75, 3.05) is 11.9 Å². The molecule has 0 aliphatic carbocycles. The molecule has 0 aliphatic heterocycles. The standard InChI is InChI=1S/C10H8Br2F3N/c1-6(11)5-16-9-4-7(12)2-3-8(9)10(13,14)15/h2-4,16H,1,5H2. The minimum atomic E-state index is -4.36. The van der Waals surface area contributed by atoms with E-state index in [-0.39, 0.29) is 12.2 Å². The van der Waals surface area contributed by atoms with Crippen molar-refractivity contribution in [3.8, 4) is 0 Å². The van der Waals surface area contributed by atoms with Gasteiger partial charge in [0.1, 0.15) is 0 Å². The van der Waals surface area contributed by atoms with Gasteiger partial charge >= 0.3 is 6.18 Å². The number of hydrogen-bond donors (Lipinski definition) is 1. The van der Waals surface area contributed by atoms with Gasteiger partial charge in [0.2, 0.25) is 0 Å². The van der Waals surface area contributed by atoms with E-state index in [0.29, 0.717) is 8.96 Å². The van der Waals surface area contributed by atoms with E-state index in [1.165, 1.54) is 12.1 Å². The Morgan fingerprint density at radius 1 is 1.38 bits per heavy atom. The topological polar surface area (TPSA) is 12.0 Å². The molecule has 0 heterocycles. The van der Waals surface area contributed by atoms with Gasteiger partial charge in [-0.15, -0.1) is 0 Å². The largest absolute Gasteiger partial charge is 0.418 e. The lowest BCUT2D eigenvalue weighted by Crippen LogP contribution is -2.11. The summed E-state index contributed by atoms with van der Waals surface area (Å²) in [5, 5.41) is 2.66. The van der Waals surface area contributed by atoms with Crippen LogP contribution in [0, 0.1) is 0 Å². The maximum atomic E-state index is 12.6. The Morgan fingerprint density at radius 3 is 2.50 bits per heavy atom. The molecule has 16 heavy (non-hydrogen) atoms. The van der Waals surface area contributed by atoms with Crippen LogP contribution in [-0.2, 0) is 6.18 Å². The second kappa shape index (κ2) is 5.23. The zero-order chi connectivity index (χ0) is 12.3. The molecule has 0 radical (unpaired) electrons. The second-order valence-electron chi connectivity index (χ2n) is 3.06. The summed E-state index contributed by atoms with van der Waals surface area (Å²) in [5.74, 6) is 0. The van der Waals surface area contributed by atoms with Crippen LogP contribution in [0.1, 0.15) is 5.56 Å². The third kappa shape index (κ3) is 3.83. The van der Waals surface area contributed by atoms with E-state index in [2.05, 4.69) is 43.8 Å². The normalized spacial score (nSPS) is 11.3. The van der Waals surface area contributed by atoms with Crippen LogP contribution in [0.5, 0.6) is 0 Å². The minimum absolute atomic E-state index is 0.0301. The van der Waals surface area contributed by atoms with Gasteiger partial charge in [0.05, 0.1) is 5.56 Å². The monoisotopic (exact) mass is 357 g/mol. The molecule has 6 heteroatoms. The van der Waals surface area contributed by atoms with Crippen molar-refractivity contribution in [2.45, 2.75) is 6.18 Å². The third-order valence-corrected chi connectivity index (χ3v) is 2.53. The number of anilines is 1. The van der Waals surface area contributed by atoms with Gasteiger partial charge < -0.3 is 5.32 Å². The van der Waals surface area contributed by atoms with Crippen molar-refractivity contribution in [1.29, 1.82) is 0 Å². The first-order valence-corrected chi connectivity index (χ1v) is 5.83. The lowest BCUT2D eigenvalue weighted by molar-refractivity contribution is -0.136. The lowest BCUT2D eigenvalue weighted by atomic mass is 10.1. The van der Waals surface area contributed by atoms with E-state index < -0.39 is 11.7 Å². The minimum Gasteiger partial charge on any atom is -0.380 e. The zero-order valence-electron chi connectivity index (χ0n) is 8.04. The van der Waals surface area contributed by atoms with Gasteiger partial charge in [0.15, 0.2) is 0 Å². The van der Waals surface area contributed by atoms with Gasteiger partial charge in [-0.1, -0.05) is 38.4 Å². The van der Waals surface area contributed by atoms with Crippen molar-refractivity contribution < 1.29 is 13.2 Å². The number of alkyl halides is 3. The Hall–Kier alpha value is -0.490. The van der Waals surface area contributed by atoms with Gasteiger partial charge in [0, 0.05) is 21.2 Å². The van der Waals surface area contributed by atoms with Crippen LogP contribution in [0.3, 0.4) is 0 Å². The summed E-state index contributed by atoms with van der Waals surface area (Å²) in [6.07, 6.45) is -4.36. The van der Waals surface area contributed by atoms with Crippen molar-refractivity contribution in [1.82, 2.24) is 0 Å². The van der Waals surface area contributed by atoms with Crippen LogP contribution in [0.4, 0.5) is 18.9 Å². The molecule has 0 spiro atoms. The molecular weight excluding hydrogens is 351 g/mol. The molecule has 0 atom stereocenters. The van der Waals surface area contributed by atoms with E-state index in [1.54, 1.807) is 0 Å². The third-order valence-electron chi connectivity index (χ3n) is 1.76. The SMILES string of the molecule is C=C(Br)CNc1cc(Br)ccc1C(F)(F)F. The summed E-state index contributed by atoms with van der Waals surface area (Å²) >= 11 is 6.20. The molecule has 0 aromatic heterocycles. The molecular formula is C10H8Br2F3N. The molecule has 0 aliphatic rings. The highest BCUT2D eigenvalue weighted by Gasteiger charge is 2.33. The highest BCUT2D eigenvalue weighted by molar-refractivity contribution is 9.11. The predicted molar refractivity (Wildman–Crippen MR) is 65.7 cm³/mol. The molecule has 88 valence electrons. The van der Waals surface area contributed by atoms with E-state index >= 15 is 0 Å². The van der Waals surface area contributed by atoms with Crippen LogP contribution in [0.25, 0.3) is 0 Å². The molecule has 0 amide bonds. The molecule has 1 aromatic carbocycles. The molecule has 0 fully saturated rings. The van der Waals surface area contributed by atoms with Gasteiger partial charge in [-0.05, 0) is 18.2 Å². The fourth-order valence-electron chi connectivity index (χ4n) is 1.10. The fraction of sp³-hybridized carbons (Fsp3) is 0.200. The first-order chi connectivity index (χ1) is 7.30. The maximum Gasteiger partial charge on any atom is 0.418 e. The zero-order valence-corrected chi connectivity index (χ0v) is 11.2. The fourth-order valence-corrected chi connectivity index (χ4v) is 1.60. The number of nitrogens with one attached hydrogen (secondary N) is 1. The predicted octanol–water partition coefficient (Wildman–Crippen LogP) is 4.79. The quantitative estimate of drug-likeness (QED) is 0.819. The van der Waals surface area contributed by atoms with Crippen molar-refractivity contribution in [3.63, 3.8) is 0 Å². The van der Waals surface area contributed by atoms with E-state index in [4.69, 9.17) is 0 Å². The number of hydrogen-bond acceptors (Lipinski definition) is 1. The van der Waals surface area contributed by atoms with Crippen LogP contribution >= 0.6 is 31.9 Å². The van der Waals surface area contributed by atoms with Crippen LogP contribution in [0.15, 0.2) is 33.7 Å². The molecule has 1 N–H and O–H groups in total. The smallest absolute Gasteiger partial charge is 0.380 e. The van der Waals surface area contributed by atoms with Gasteiger partial charge in [-0.25, -0.2) is 0 Å². The van der Waals surface area contributed by atoms with Crippen molar-refractivity contribution in [3.05, 3.63) is 39.3 Å². The number of benzene rings is 1. The highest BCUT2D eigenvalue weighted by atomic mass is 79.9. The molecule has 0 saturated carbocycles. The van der Waals surface area contributed by atoms with Gasteiger partial charge in [-0.2, -0.15) is 13.2 Å². The van der Waals surface area contributed by atoms with E-state index in [0.717, 1.165) is 6.07 Å². The first kappa shape index (κ1) is 13.6. The lowest BCUT2D eigenvalue weighted by Gasteiger charge is -2.14. The summed E-state index contributed by atoms with van der Waals surface area (Å²) in [5.41, 5.74) is -0.660. The number of halogens is 5. The number of rotatable bonds is 3. The average Bonchev–Trinajstić information content (AvgIpc) is 2.12. The summed E-state index contributed by atoms with van der Waals surface area (Å²) < 4.78 is 39.0. The molecule has 0 unspecified atom stereocenters. The van der Waals surface area contributed by atoms with Crippen LogP contribution in [0.2, 0.25) is 0 Å². The second-order valence-corrected chi connectivity index (χ2v) is 5.10. The first-order valence-electron chi connectivity index (χ1n) is 4.24. The Kier molecular flexibility index (Phi) is 4.43. The van der Waals surface area contributed by atoms with Crippen molar-refractivity contribution in [2.24, 2.45) is 0 Å². The molecule has 1 aromatic rings. The summed E-state index contributed by atoms with van der Waals surface area (Å²) in [6, 6.07) is 3.78. The summed E-state index contributed by atoms with van der Waals surface area (Å²) in [4.78, 5) is 0. The Morgan fingerprint density at radius 2 is 2.00 bits per heavy atom. The van der Waals surface area contributed by atoms with E-state index in [1.807, 2.05) is 0 Å². The summed E-state index contributed by atoms with van der Waals surface area (Å²) in [7, 11) is 0. The Labute approximate surface area is 108 Å². The summed E-state index contributed by atoms with van der Waals surface area (Å²) in [6.45, 7) is 3.78. The van der Waals surface area contributed by atoms with E-state index in [9.17, 15) is 13.2 Å². The molecule has 0 bridgehead atoms. The van der Waals surface area contributed by atoms with Gasteiger partial charge in [0.25, 0.3) is 0 Å². The van der Waals surface area contributed by atoms with Crippen LogP contribution < -0.4 is 5.32 Å². The molecule has 1 nitrogen and oxygen atoms in total. The Balaban J connectivity index is 3.04. The molecule has 0 saturated heterocycles. The average molecular weight is 359 g/mol. The maximum absolute atomic E-state index is 12.6. The van der Waals surface area contributed by atoms with Crippen LogP contribution in [-0.4, -0.2) is 6.54 Å². The van der Waals surface area contributed by atoms with Crippen molar-refractivity contribution >= 4 is 37.5 Å².